The highest BCUT2D eigenvalue weighted by molar-refractivity contribution is 5.75. The van der Waals surface area contributed by atoms with Crippen LogP contribution in [0.5, 0.6) is 0 Å². The topological polar surface area (TPSA) is 61.4 Å². The van der Waals surface area contributed by atoms with Gasteiger partial charge in [0.1, 0.15) is 0 Å². The van der Waals surface area contributed by atoms with E-state index in [1.807, 2.05) is 72.8 Å². The number of urea groups is 1. The lowest BCUT2D eigenvalue weighted by Gasteiger charge is -2.34. The van der Waals surface area contributed by atoms with Crippen LogP contribution < -0.4 is 10.6 Å². The molecule has 0 heterocycles. The summed E-state index contributed by atoms with van der Waals surface area (Å²) in [5, 5.41) is 17.0. The maximum atomic E-state index is 12.7. The molecule has 4 nitrogen and oxygen atoms in total. The Labute approximate surface area is 171 Å². The minimum absolute atomic E-state index is 0.226. The third-order valence-corrected chi connectivity index (χ3v) is 5.62. The average molecular weight is 386 g/mol. The van der Waals surface area contributed by atoms with Crippen LogP contribution in [0, 0.1) is 0 Å². The maximum absolute atomic E-state index is 12.7. The van der Waals surface area contributed by atoms with Crippen molar-refractivity contribution in [2.45, 2.75) is 30.9 Å². The number of fused-ring (bicyclic) bond motifs is 1. The zero-order valence-corrected chi connectivity index (χ0v) is 16.3. The molecule has 3 aromatic rings. The van der Waals surface area contributed by atoms with Crippen molar-refractivity contribution in [3.05, 3.63) is 107 Å². The van der Waals surface area contributed by atoms with Gasteiger partial charge < -0.3 is 15.7 Å². The molecule has 1 unspecified atom stereocenters. The molecule has 0 saturated carbocycles. The van der Waals surface area contributed by atoms with E-state index in [-0.39, 0.29) is 18.6 Å². The normalized spacial score (nSPS) is 18.1. The summed E-state index contributed by atoms with van der Waals surface area (Å²) in [5.41, 5.74) is 3.56. The fourth-order valence-electron chi connectivity index (χ4n) is 4.01. The highest BCUT2D eigenvalue weighted by atomic mass is 16.3. The summed E-state index contributed by atoms with van der Waals surface area (Å²) in [6.45, 7) is 0.226. The average Bonchev–Trinajstić information content (AvgIpc) is 2.77. The number of aryl methyl sites for hydroxylation is 1. The van der Waals surface area contributed by atoms with Gasteiger partial charge in [-0.3, -0.25) is 0 Å². The highest BCUT2D eigenvalue weighted by Gasteiger charge is 2.32. The van der Waals surface area contributed by atoms with E-state index in [1.54, 1.807) is 0 Å². The number of carbonyl (C=O) groups excluding carboxylic acids is 1. The zero-order chi connectivity index (χ0) is 20.1. The largest absolute Gasteiger partial charge is 0.388 e. The molecule has 4 heteroatoms. The minimum Gasteiger partial charge on any atom is -0.388 e. The zero-order valence-electron chi connectivity index (χ0n) is 16.3. The molecular formula is C25H26N2O2. The molecule has 0 fully saturated rings. The number of carbonyl (C=O) groups is 1. The molecule has 3 N–H and O–H groups in total. The first-order valence-electron chi connectivity index (χ1n) is 10.1. The van der Waals surface area contributed by atoms with Gasteiger partial charge in [0.2, 0.25) is 0 Å². The Hall–Kier alpha value is -3.11. The second kappa shape index (κ2) is 8.50. The summed E-state index contributed by atoms with van der Waals surface area (Å²) in [4.78, 5) is 12.7. The second-order valence-electron chi connectivity index (χ2n) is 7.75. The van der Waals surface area contributed by atoms with Crippen LogP contribution in [0.15, 0.2) is 84.9 Å². The monoisotopic (exact) mass is 386 g/mol. The van der Waals surface area contributed by atoms with Crippen LogP contribution >= 0.6 is 0 Å². The fourth-order valence-corrected chi connectivity index (χ4v) is 4.01. The SMILES string of the molecule is O=C(NCC1(O)CCc2ccccc2C1)NC(c1ccccc1)c1ccccc1. The van der Waals surface area contributed by atoms with E-state index in [0.717, 1.165) is 23.1 Å². The predicted molar refractivity (Wildman–Crippen MR) is 115 cm³/mol. The molecule has 0 aromatic heterocycles. The summed E-state index contributed by atoms with van der Waals surface area (Å²) >= 11 is 0. The standard InChI is InChI=1S/C25H26N2O2/c28-24(26-18-25(29)16-15-19-9-7-8-14-22(19)17-25)27-23(20-10-3-1-4-11-20)21-12-5-2-6-13-21/h1-14,23,29H,15-18H2,(H2,26,27,28). The Bertz CT molecular complexity index is 919. The summed E-state index contributed by atoms with van der Waals surface area (Å²) in [6.07, 6.45) is 2.03. The lowest BCUT2D eigenvalue weighted by Crippen LogP contribution is -2.49. The van der Waals surface area contributed by atoms with Crippen molar-refractivity contribution in [3.63, 3.8) is 0 Å². The number of benzene rings is 3. The van der Waals surface area contributed by atoms with Crippen LogP contribution in [0.2, 0.25) is 0 Å². The summed E-state index contributed by atoms with van der Waals surface area (Å²) in [5.74, 6) is 0. The molecule has 0 aliphatic heterocycles. The molecule has 0 saturated heterocycles. The van der Waals surface area contributed by atoms with Crippen LogP contribution in [0.25, 0.3) is 0 Å². The first kappa shape index (κ1) is 19.2. The molecular weight excluding hydrogens is 360 g/mol. The number of amides is 2. The maximum Gasteiger partial charge on any atom is 0.315 e. The molecule has 0 radical (unpaired) electrons. The van der Waals surface area contributed by atoms with E-state index in [1.165, 1.54) is 5.56 Å². The van der Waals surface area contributed by atoms with Crippen molar-refractivity contribution in [3.8, 4) is 0 Å². The second-order valence-corrected chi connectivity index (χ2v) is 7.75. The smallest absolute Gasteiger partial charge is 0.315 e. The van der Waals surface area contributed by atoms with Crippen molar-refractivity contribution < 1.29 is 9.90 Å². The van der Waals surface area contributed by atoms with Crippen LogP contribution in [0.3, 0.4) is 0 Å². The van der Waals surface area contributed by atoms with Gasteiger partial charge in [0, 0.05) is 13.0 Å². The van der Waals surface area contributed by atoms with Gasteiger partial charge in [-0.15, -0.1) is 0 Å². The first-order valence-corrected chi connectivity index (χ1v) is 10.1. The highest BCUT2D eigenvalue weighted by Crippen LogP contribution is 2.28. The molecule has 1 aliphatic rings. The lowest BCUT2D eigenvalue weighted by molar-refractivity contribution is 0.0290. The van der Waals surface area contributed by atoms with E-state index in [2.05, 4.69) is 22.8 Å². The molecule has 29 heavy (non-hydrogen) atoms. The van der Waals surface area contributed by atoms with Crippen molar-refractivity contribution in [1.29, 1.82) is 0 Å². The number of hydrogen-bond acceptors (Lipinski definition) is 2. The van der Waals surface area contributed by atoms with Crippen molar-refractivity contribution >= 4 is 6.03 Å². The fraction of sp³-hybridized carbons (Fsp3) is 0.240. The van der Waals surface area contributed by atoms with Gasteiger partial charge in [-0.1, -0.05) is 84.9 Å². The molecule has 2 amide bonds. The third kappa shape index (κ3) is 4.66. The van der Waals surface area contributed by atoms with Crippen LogP contribution in [0.4, 0.5) is 4.79 Å². The summed E-state index contributed by atoms with van der Waals surface area (Å²) in [6, 6.07) is 27.5. The van der Waals surface area contributed by atoms with Crippen LogP contribution in [-0.2, 0) is 12.8 Å². The lowest BCUT2D eigenvalue weighted by atomic mass is 9.80. The van der Waals surface area contributed by atoms with E-state index in [0.29, 0.717) is 12.8 Å². The van der Waals surface area contributed by atoms with Crippen LogP contribution in [0.1, 0.15) is 34.7 Å². The van der Waals surface area contributed by atoms with E-state index in [4.69, 9.17) is 0 Å². The Morgan fingerprint density at radius 3 is 2.03 bits per heavy atom. The molecule has 1 atom stereocenters. The Kier molecular flexibility index (Phi) is 5.63. The third-order valence-electron chi connectivity index (χ3n) is 5.62. The van der Waals surface area contributed by atoms with Crippen molar-refractivity contribution in [2.24, 2.45) is 0 Å². The minimum atomic E-state index is -0.916. The molecule has 3 aromatic carbocycles. The van der Waals surface area contributed by atoms with Gasteiger partial charge in [0.05, 0.1) is 11.6 Å². The van der Waals surface area contributed by atoms with Crippen molar-refractivity contribution in [1.82, 2.24) is 10.6 Å². The Morgan fingerprint density at radius 1 is 0.862 bits per heavy atom. The molecule has 0 bridgehead atoms. The number of hydrogen-bond donors (Lipinski definition) is 3. The van der Waals surface area contributed by atoms with Gasteiger partial charge >= 0.3 is 6.03 Å². The van der Waals surface area contributed by atoms with Crippen molar-refractivity contribution in [2.75, 3.05) is 6.54 Å². The van der Waals surface area contributed by atoms with Gasteiger partial charge in [-0.2, -0.15) is 0 Å². The first-order chi connectivity index (χ1) is 14.1. The van der Waals surface area contributed by atoms with E-state index in [9.17, 15) is 9.90 Å². The summed E-state index contributed by atoms with van der Waals surface area (Å²) in [7, 11) is 0. The quantitative estimate of drug-likeness (QED) is 0.621. The molecule has 0 spiro atoms. The van der Waals surface area contributed by atoms with Gasteiger partial charge in [-0.05, 0) is 35.1 Å². The molecule has 1 aliphatic carbocycles. The molecule has 4 rings (SSSR count). The Balaban J connectivity index is 1.42. The molecule has 148 valence electrons. The van der Waals surface area contributed by atoms with Gasteiger partial charge in [-0.25, -0.2) is 4.79 Å². The van der Waals surface area contributed by atoms with Crippen LogP contribution in [-0.4, -0.2) is 23.3 Å². The summed E-state index contributed by atoms with van der Waals surface area (Å²) < 4.78 is 0. The van der Waals surface area contributed by atoms with E-state index >= 15 is 0 Å². The van der Waals surface area contributed by atoms with Gasteiger partial charge in [0.15, 0.2) is 0 Å². The van der Waals surface area contributed by atoms with E-state index < -0.39 is 5.60 Å². The van der Waals surface area contributed by atoms with Gasteiger partial charge in [0.25, 0.3) is 0 Å². The predicted octanol–water partition coefficient (Wildman–Crippen LogP) is 4.00. The number of nitrogens with one attached hydrogen (secondary N) is 2. The Morgan fingerprint density at radius 2 is 1.41 bits per heavy atom. The number of rotatable bonds is 5. The number of aliphatic hydroxyl groups is 1.